The molecule has 5 heteroatoms. The molecule has 0 aromatic heterocycles. The molecular formula is C15H17N3O2. The maximum Gasteiger partial charge on any atom is 0.143 e. The van der Waals surface area contributed by atoms with Crippen molar-refractivity contribution in [1.82, 2.24) is 0 Å². The van der Waals surface area contributed by atoms with E-state index in [1.54, 1.807) is 37.4 Å². The lowest BCUT2D eigenvalue weighted by Crippen LogP contribution is -1.92. The number of anilines is 1. The van der Waals surface area contributed by atoms with E-state index in [-0.39, 0.29) is 5.75 Å². The van der Waals surface area contributed by atoms with Crippen LogP contribution in [0.3, 0.4) is 0 Å². The molecule has 0 aliphatic rings. The smallest absolute Gasteiger partial charge is 0.143 e. The minimum Gasteiger partial charge on any atom is -0.508 e. The molecule has 0 heterocycles. The number of ether oxygens (including phenoxy) is 1. The molecule has 0 saturated carbocycles. The molecule has 3 N–H and O–H groups in total. The largest absolute Gasteiger partial charge is 0.508 e. The van der Waals surface area contributed by atoms with Crippen molar-refractivity contribution < 1.29 is 9.84 Å². The zero-order valence-corrected chi connectivity index (χ0v) is 11.7. The number of benzene rings is 2. The third kappa shape index (κ3) is 2.88. The molecule has 0 bridgehead atoms. The molecule has 0 fully saturated rings. The molecule has 5 nitrogen and oxygen atoms in total. The number of azo groups is 1. The molecule has 2 aromatic carbocycles. The summed E-state index contributed by atoms with van der Waals surface area (Å²) in [7, 11) is 1.56. The summed E-state index contributed by atoms with van der Waals surface area (Å²) in [6.45, 7) is 3.78. The van der Waals surface area contributed by atoms with E-state index < -0.39 is 0 Å². The number of nitrogens with zero attached hydrogens (tertiary/aromatic N) is 2. The number of hydrogen-bond donors (Lipinski definition) is 2. The van der Waals surface area contributed by atoms with Crippen LogP contribution in [0.2, 0.25) is 0 Å². The lowest BCUT2D eigenvalue weighted by Gasteiger charge is -2.07. The standard InChI is InChI=1S/C15H17N3O2/c1-9-6-11(19)4-5-13(9)17-18-14-8-15(20-3)12(16)7-10(14)2/h4-8,19H,16H2,1-3H3. The van der Waals surface area contributed by atoms with Crippen LogP contribution in [0.25, 0.3) is 0 Å². The lowest BCUT2D eigenvalue weighted by molar-refractivity contribution is 0.417. The number of nitrogen functional groups attached to an aromatic ring is 1. The molecule has 0 spiro atoms. The van der Waals surface area contributed by atoms with Crippen molar-refractivity contribution in [1.29, 1.82) is 0 Å². The van der Waals surface area contributed by atoms with Gasteiger partial charge in [-0.15, -0.1) is 0 Å². The predicted octanol–water partition coefficient (Wildman–Crippen LogP) is 4.02. The van der Waals surface area contributed by atoms with Crippen LogP contribution in [-0.4, -0.2) is 12.2 Å². The van der Waals surface area contributed by atoms with Gasteiger partial charge in [0.15, 0.2) is 0 Å². The molecule has 0 unspecified atom stereocenters. The maximum atomic E-state index is 9.36. The molecule has 20 heavy (non-hydrogen) atoms. The number of rotatable bonds is 3. The number of methoxy groups -OCH3 is 1. The normalized spacial score (nSPS) is 10.9. The van der Waals surface area contributed by atoms with Gasteiger partial charge in [-0.1, -0.05) is 0 Å². The number of hydrogen-bond acceptors (Lipinski definition) is 5. The molecule has 0 amide bonds. The van der Waals surface area contributed by atoms with Crippen LogP contribution in [0.4, 0.5) is 17.1 Å². The highest BCUT2D eigenvalue weighted by atomic mass is 16.5. The van der Waals surface area contributed by atoms with E-state index >= 15 is 0 Å². The second kappa shape index (κ2) is 5.61. The van der Waals surface area contributed by atoms with Crippen LogP contribution >= 0.6 is 0 Å². The minimum absolute atomic E-state index is 0.215. The number of aryl methyl sites for hydroxylation is 2. The molecule has 104 valence electrons. The van der Waals surface area contributed by atoms with Gasteiger partial charge in [0.1, 0.15) is 11.5 Å². The van der Waals surface area contributed by atoms with E-state index in [9.17, 15) is 5.11 Å². The first-order chi connectivity index (χ1) is 9.51. The summed E-state index contributed by atoms with van der Waals surface area (Å²) in [5.41, 5.74) is 9.58. The van der Waals surface area contributed by atoms with E-state index in [2.05, 4.69) is 10.2 Å². The first kappa shape index (κ1) is 13.9. The Balaban J connectivity index is 2.36. The number of aromatic hydroxyl groups is 1. The van der Waals surface area contributed by atoms with Crippen molar-refractivity contribution in [2.75, 3.05) is 12.8 Å². The van der Waals surface area contributed by atoms with Crippen molar-refractivity contribution in [3.63, 3.8) is 0 Å². The van der Waals surface area contributed by atoms with Gasteiger partial charge >= 0.3 is 0 Å². The van der Waals surface area contributed by atoms with Crippen molar-refractivity contribution >= 4 is 17.1 Å². The van der Waals surface area contributed by atoms with Gasteiger partial charge in [0, 0.05) is 6.07 Å². The van der Waals surface area contributed by atoms with Gasteiger partial charge in [0.2, 0.25) is 0 Å². The lowest BCUT2D eigenvalue weighted by atomic mass is 10.1. The maximum absolute atomic E-state index is 9.36. The van der Waals surface area contributed by atoms with Gasteiger partial charge in [0.05, 0.1) is 24.2 Å². The summed E-state index contributed by atoms with van der Waals surface area (Å²) < 4.78 is 5.17. The molecule has 2 rings (SSSR count). The summed E-state index contributed by atoms with van der Waals surface area (Å²) in [5, 5.41) is 17.8. The quantitative estimate of drug-likeness (QED) is 0.653. The van der Waals surface area contributed by atoms with Crippen LogP contribution in [0, 0.1) is 13.8 Å². The van der Waals surface area contributed by atoms with Gasteiger partial charge in [-0.2, -0.15) is 10.2 Å². The first-order valence-corrected chi connectivity index (χ1v) is 6.16. The zero-order valence-electron chi connectivity index (χ0n) is 11.7. The van der Waals surface area contributed by atoms with Gasteiger partial charge in [-0.25, -0.2) is 0 Å². The first-order valence-electron chi connectivity index (χ1n) is 6.16. The van der Waals surface area contributed by atoms with Crippen molar-refractivity contribution in [2.24, 2.45) is 10.2 Å². The molecule has 2 aromatic rings. The highest BCUT2D eigenvalue weighted by molar-refractivity contribution is 5.63. The van der Waals surface area contributed by atoms with E-state index in [1.807, 2.05) is 13.8 Å². The molecular weight excluding hydrogens is 254 g/mol. The molecule has 0 aliphatic heterocycles. The van der Waals surface area contributed by atoms with Crippen LogP contribution < -0.4 is 10.5 Å². The molecule has 0 aliphatic carbocycles. The van der Waals surface area contributed by atoms with E-state index in [0.717, 1.165) is 11.1 Å². The predicted molar refractivity (Wildman–Crippen MR) is 79.2 cm³/mol. The van der Waals surface area contributed by atoms with Crippen LogP contribution in [0.15, 0.2) is 40.6 Å². The van der Waals surface area contributed by atoms with E-state index in [0.29, 0.717) is 22.8 Å². The van der Waals surface area contributed by atoms with Crippen molar-refractivity contribution in [2.45, 2.75) is 13.8 Å². The fourth-order valence-electron chi connectivity index (χ4n) is 1.84. The Morgan fingerprint density at radius 1 is 1.00 bits per heavy atom. The molecule has 0 saturated heterocycles. The highest BCUT2D eigenvalue weighted by Gasteiger charge is 2.05. The summed E-state index contributed by atoms with van der Waals surface area (Å²) in [6, 6.07) is 8.50. The fourth-order valence-corrected chi connectivity index (χ4v) is 1.84. The summed E-state index contributed by atoms with van der Waals surface area (Å²) in [6.07, 6.45) is 0. The number of phenols is 1. The second-order valence-corrected chi connectivity index (χ2v) is 4.55. The Kier molecular flexibility index (Phi) is 3.89. The zero-order chi connectivity index (χ0) is 14.7. The van der Waals surface area contributed by atoms with E-state index in [4.69, 9.17) is 10.5 Å². The third-order valence-electron chi connectivity index (χ3n) is 2.99. The second-order valence-electron chi connectivity index (χ2n) is 4.55. The highest BCUT2D eigenvalue weighted by Crippen LogP contribution is 2.32. The number of nitrogens with two attached hydrogens (primary N) is 1. The fraction of sp³-hybridized carbons (Fsp3) is 0.200. The summed E-state index contributed by atoms with van der Waals surface area (Å²) in [4.78, 5) is 0. The Morgan fingerprint density at radius 3 is 2.30 bits per heavy atom. The summed E-state index contributed by atoms with van der Waals surface area (Å²) >= 11 is 0. The topological polar surface area (TPSA) is 80.2 Å². The van der Waals surface area contributed by atoms with Gasteiger partial charge in [-0.3, -0.25) is 0 Å². The summed E-state index contributed by atoms with van der Waals surface area (Å²) in [5.74, 6) is 0.791. The third-order valence-corrected chi connectivity index (χ3v) is 2.99. The van der Waals surface area contributed by atoms with Crippen molar-refractivity contribution in [3.8, 4) is 11.5 Å². The Hall–Kier alpha value is -2.56. The molecule has 0 radical (unpaired) electrons. The van der Waals surface area contributed by atoms with Gasteiger partial charge < -0.3 is 15.6 Å². The van der Waals surface area contributed by atoms with Gasteiger partial charge in [0.25, 0.3) is 0 Å². The van der Waals surface area contributed by atoms with Crippen LogP contribution in [0.1, 0.15) is 11.1 Å². The molecule has 0 atom stereocenters. The number of phenolic OH excluding ortho intramolecular Hbond substituents is 1. The van der Waals surface area contributed by atoms with Crippen LogP contribution in [-0.2, 0) is 0 Å². The Bertz CT molecular complexity index is 666. The average molecular weight is 271 g/mol. The Morgan fingerprint density at radius 2 is 1.65 bits per heavy atom. The SMILES string of the molecule is COc1cc(N=Nc2ccc(O)cc2C)c(C)cc1N. The van der Waals surface area contributed by atoms with Crippen LogP contribution in [0.5, 0.6) is 11.5 Å². The van der Waals surface area contributed by atoms with Crippen molar-refractivity contribution in [3.05, 3.63) is 41.5 Å². The van der Waals surface area contributed by atoms with Gasteiger partial charge in [-0.05, 0) is 49.2 Å². The monoisotopic (exact) mass is 271 g/mol. The average Bonchev–Trinajstić information content (AvgIpc) is 2.39. The Labute approximate surface area is 117 Å². The van der Waals surface area contributed by atoms with E-state index in [1.165, 1.54) is 0 Å². The minimum atomic E-state index is 0.215.